The monoisotopic (exact) mass is 281 g/mol. The van der Waals surface area contributed by atoms with E-state index in [0.717, 1.165) is 16.8 Å². The molecule has 0 atom stereocenters. The van der Waals surface area contributed by atoms with E-state index in [-0.39, 0.29) is 12.5 Å². The molecule has 5 heteroatoms. The highest BCUT2D eigenvalue weighted by Gasteiger charge is 2.24. The average Bonchev–Trinajstić information content (AvgIpc) is 2.90. The number of aromatic hydroxyl groups is 1. The number of para-hydroxylation sites is 2. The van der Waals surface area contributed by atoms with Gasteiger partial charge in [-0.3, -0.25) is 4.90 Å². The highest BCUT2D eigenvalue weighted by Crippen LogP contribution is 2.37. The van der Waals surface area contributed by atoms with Crippen molar-refractivity contribution in [1.82, 2.24) is 0 Å². The first-order chi connectivity index (χ1) is 10.2. The maximum Gasteiger partial charge on any atom is 0.360 e. The van der Waals surface area contributed by atoms with E-state index in [9.17, 15) is 9.90 Å². The minimum atomic E-state index is -0.464. The molecule has 0 bridgehead atoms. The molecule has 2 heterocycles. The van der Waals surface area contributed by atoms with Gasteiger partial charge < -0.3 is 14.3 Å². The van der Waals surface area contributed by atoms with Gasteiger partial charge in [0.2, 0.25) is 0 Å². The van der Waals surface area contributed by atoms with Crippen molar-refractivity contribution in [3.63, 3.8) is 0 Å². The molecule has 4 rings (SSSR count). The Labute approximate surface area is 119 Å². The number of nitrogens with zero attached hydrogens (tertiary/aromatic N) is 1. The van der Waals surface area contributed by atoms with E-state index >= 15 is 0 Å². The maximum atomic E-state index is 12.2. The van der Waals surface area contributed by atoms with Crippen LogP contribution in [0.5, 0.6) is 11.5 Å². The summed E-state index contributed by atoms with van der Waals surface area (Å²) in [7, 11) is 0. The van der Waals surface area contributed by atoms with Crippen molar-refractivity contribution in [2.75, 3.05) is 11.6 Å². The first kappa shape index (κ1) is 11.8. The van der Waals surface area contributed by atoms with Crippen LogP contribution < -0.4 is 15.3 Å². The van der Waals surface area contributed by atoms with E-state index < -0.39 is 5.63 Å². The van der Waals surface area contributed by atoms with Crippen LogP contribution in [0.15, 0.2) is 57.7 Å². The van der Waals surface area contributed by atoms with Gasteiger partial charge in [0.1, 0.15) is 22.8 Å². The lowest BCUT2D eigenvalue weighted by atomic mass is 10.2. The molecule has 0 saturated carbocycles. The molecule has 0 fully saturated rings. The van der Waals surface area contributed by atoms with Gasteiger partial charge >= 0.3 is 5.63 Å². The molecule has 21 heavy (non-hydrogen) atoms. The Morgan fingerprint density at radius 1 is 1.05 bits per heavy atom. The predicted molar refractivity (Wildman–Crippen MR) is 78.2 cm³/mol. The first-order valence-electron chi connectivity index (χ1n) is 6.48. The molecule has 1 N–H and O–H groups in total. The van der Waals surface area contributed by atoms with Crippen molar-refractivity contribution < 1.29 is 14.3 Å². The fourth-order valence-corrected chi connectivity index (χ4v) is 2.48. The number of hydrogen-bond donors (Lipinski definition) is 1. The minimum Gasteiger partial charge on any atom is -0.508 e. The van der Waals surface area contributed by atoms with E-state index in [2.05, 4.69) is 0 Å². The summed E-state index contributed by atoms with van der Waals surface area (Å²) in [6.45, 7) is 0.272. The first-order valence-corrected chi connectivity index (χ1v) is 6.48. The molecule has 0 saturated heterocycles. The largest absolute Gasteiger partial charge is 0.508 e. The van der Waals surface area contributed by atoms with Crippen LogP contribution in [0, 0.1) is 0 Å². The molecule has 1 aromatic heterocycles. The summed E-state index contributed by atoms with van der Waals surface area (Å²) >= 11 is 0. The van der Waals surface area contributed by atoms with Crippen LogP contribution in [0.1, 0.15) is 0 Å². The van der Waals surface area contributed by atoms with Crippen LogP contribution in [0.4, 0.5) is 11.4 Å². The standard InChI is InChI=1S/C16H11NO4/c18-11-6-5-10-7-13(16(19)21-15(10)8-11)17-9-20-14-4-2-1-3-12(14)17/h1-8,18H,9H2. The molecule has 1 aliphatic heterocycles. The smallest absolute Gasteiger partial charge is 0.360 e. The van der Waals surface area contributed by atoms with Gasteiger partial charge in [-0.1, -0.05) is 12.1 Å². The Morgan fingerprint density at radius 2 is 1.90 bits per heavy atom. The molecule has 3 aromatic rings. The van der Waals surface area contributed by atoms with Crippen LogP contribution >= 0.6 is 0 Å². The molecule has 2 aromatic carbocycles. The summed E-state index contributed by atoms with van der Waals surface area (Å²) in [6, 6.07) is 14.0. The molecule has 0 aliphatic carbocycles. The van der Waals surface area contributed by atoms with Gasteiger partial charge in [-0.05, 0) is 30.3 Å². The minimum absolute atomic E-state index is 0.0632. The number of ether oxygens (including phenoxy) is 1. The molecule has 1 aliphatic rings. The van der Waals surface area contributed by atoms with Crippen LogP contribution in [-0.4, -0.2) is 11.8 Å². The SMILES string of the molecule is O=c1oc2cc(O)ccc2cc1N1COc2ccccc21. The van der Waals surface area contributed by atoms with E-state index in [1.165, 1.54) is 6.07 Å². The van der Waals surface area contributed by atoms with Gasteiger partial charge in [-0.25, -0.2) is 4.79 Å². The van der Waals surface area contributed by atoms with Gasteiger partial charge in [0.15, 0.2) is 6.73 Å². The lowest BCUT2D eigenvalue weighted by Crippen LogP contribution is -2.21. The Morgan fingerprint density at radius 3 is 2.81 bits per heavy atom. The van der Waals surface area contributed by atoms with Crippen molar-refractivity contribution in [3.05, 3.63) is 59.0 Å². The second kappa shape index (κ2) is 4.28. The van der Waals surface area contributed by atoms with Crippen molar-refractivity contribution >= 4 is 22.3 Å². The third-order valence-electron chi connectivity index (χ3n) is 3.50. The summed E-state index contributed by atoms with van der Waals surface area (Å²) in [5.41, 5.74) is 1.15. The number of phenols is 1. The van der Waals surface area contributed by atoms with Crippen LogP contribution in [0.3, 0.4) is 0 Å². The lowest BCUT2D eigenvalue weighted by Gasteiger charge is -2.15. The molecule has 0 radical (unpaired) electrons. The van der Waals surface area contributed by atoms with Crippen LogP contribution in [-0.2, 0) is 0 Å². The van der Waals surface area contributed by atoms with Gasteiger partial charge in [0.25, 0.3) is 0 Å². The molecular formula is C16H11NO4. The van der Waals surface area contributed by atoms with Gasteiger partial charge in [0, 0.05) is 11.5 Å². The second-order valence-electron chi connectivity index (χ2n) is 4.81. The molecule has 5 nitrogen and oxygen atoms in total. The number of rotatable bonds is 1. The summed E-state index contributed by atoms with van der Waals surface area (Å²) < 4.78 is 10.8. The number of anilines is 2. The van der Waals surface area contributed by atoms with E-state index in [4.69, 9.17) is 9.15 Å². The highest BCUT2D eigenvalue weighted by molar-refractivity contribution is 5.83. The van der Waals surface area contributed by atoms with E-state index in [0.29, 0.717) is 11.3 Å². The topological polar surface area (TPSA) is 62.9 Å². The van der Waals surface area contributed by atoms with Crippen molar-refractivity contribution in [2.24, 2.45) is 0 Å². The quantitative estimate of drug-likeness (QED) is 0.695. The average molecular weight is 281 g/mol. The van der Waals surface area contributed by atoms with E-state index in [1.54, 1.807) is 23.1 Å². The number of hydrogen-bond acceptors (Lipinski definition) is 5. The normalized spacial score (nSPS) is 13.2. The van der Waals surface area contributed by atoms with Crippen LogP contribution in [0.25, 0.3) is 11.0 Å². The highest BCUT2D eigenvalue weighted by atomic mass is 16.5. The summed E-state index contributed by atoms with van der Waals surface area (Å²) in [4.78, 5) is 14.0. The summed E-state index contributed by atoms with van der Waals surface area (Å²) in [5, 5.41) is 10.2. The second-order valence-corrected chi connectivity index (χ2v) is 4.81. The zero-order chi connectivity index (χ0) is 14.4. The molecule has 0 amide bonds. The number of phenolic OH excluding ortho intramolecular Hbond substituents is 1. The van der Waals surface area contributed by atoms with Crippen molar-refractivity contribution in [3.8, 4) is 11.5 Å². The Balaban J connectivity index is 1.90. The zero-order valence-electron chi connectivity index (χ0n) is 10.9. The van der Waals surface area contributed by atoms with Gasteiger partial charge in [-0.15, -0.1) is 0 Å². The van der Waals surface area contributed by atoms with Crippen molar-refractivity contribution in [1.29, 1.82) is 0 Å². The molecule has 104 valence electrons. The Hall–Kier alpha value is -2.95. The van der Waals surface area contributed by atoms with Crippen molar-refractivity contribution in [2.45, 2.75) is 0 Å². The summed E-state index contributed by atoms with van der Waals surface area (Å²) in [5.74, 6) is 0.802. The Kier molecular flexibility index (Phi) is 2.41. The number of fused-ring (bicyclic) bond motifs is 2. The van der Waals surface area contributed by atoms with E-state index in [1.807, 2.05) is 24.3 Å². The third-order valence-corrected chi connectivity index (χ3v) is 3.50. The lowest BCUT2D eigenvalue weighted by molar-refractivity contribution is 0.356. The third kappa shape index (κ3) is 1.82. The fraction of sp³-hybridized carbons (Fsp3) is 0.0625. The van der Waals surface area contributed by atoms with Gasteiger partial charge in [-0.2, -0.15) is 0 Å². The fourth-order valence-electron chi connectivity index (χ4n) is 2.48. The van der Waals surface area contributed by atoms with Gasteiger partial charge in [0.05, 0.1) is 5.69 Å². The van der Waals surface area contributed by atoms with Crippen LogP contribution in [0.2, 0.25) is 0 Å². The molecular weight excluding hydrogens is 270 g/mol. The Bertz CT molecular complexity index is 900. The zero-order valence-corrected chi connectivity index (χ0v) is 10.9. The molecule has 0 unspecified atom stereocenters. The predicted octanol–water partition coefficient (Wildman–Crippen LogP) is 2.99. The maximum absolute atomic E-state index is 12.2. The number of benzene rings is 2. The summed E-state index contributed by atoms with van der Waals surface area (Å²) in [6.07, 6.45) is 0. The molecule has 0 spiro atoms.